The fraction of sp³-hybridized carbons (Fsp3) is 0.421. The number of amides is 2. The molecule has 2 atom stereocenters. The molecule has 1 aromatic carbocycles. The Balaban J connectivity index is 2.41. The van der Waals surface area contributed by atoms with E-state index in [1.54, 1.807) is 26.0 Å². The zero-order chi connectivity index (χ0) is 21.6. The monoisotopic (exact) mass is 470 g/mol. The van der Waals surface area contributed by atoms with Crippen molar-refractivity contribution in [2.45, 2.75) is 19.9 Å². The van der Waals surface area contributed by atoms with Crippen LogP contribution in [0.1, 0.15) is 25.5 Å². The van der Waals surface area contributed by atoms with Gasteiger partial charge in [-0.25, -0.2) is 9.59 Å². The largest absolute Gasteiger partial charge is 0.490 e. The first-order valence-electron chi connectivity index (χ1n) is 8.91. The summed E-state index contributed by atoms with van der Waals surface area (Å²) in [5, 5.41) is 5.20. The van der Waals surface area contributed by atoms with Gasteiger partial charge in [-0.05, 0) is 31.5 Å². The van der Waals surface area contributed by atoms with E-state index >= 15 is 0 Å². The van der Waals surface area contributed by atoms with Crippen molar-refractivity contribution in [3.05, 3.63) is 34.4 Å². The highest BCUT2D eigenvalue weighted by Crippen LogP contribution is 2.40. The highest BCUT2D eigenvalue weighted by atomic mass is 79.9. The van der Waals surface area contributed by atoms with Crippen molar-refractivity contribution in [1.82, 2.24) is 10.6 Å². The highest BCUT2D eigenvalue weighted by molar-refractivity contribution is 9.10. The molecule has 1 fully saturated rings. The van der Waals surface area contributed by atoms with Crippen LogP contribution in [0.2, 0.25) is 0 Å². The van der Waals surface area contributed by atoms with Crippen LogP contribution in [0.4, 0.5) is 4.79 Å². The average Bonchev–Trinajstić information content (AvgIpc) is 2.67. The van der Waals surface area contributed by atoms with Crippen LogP contribution in [0.5, 0.6) is 11.5 Å². The van der Waals surface area contributed by atoms with E-state index in [9.17, 15) is 14.4 Å². The van der Waals surface area contributed by atoms with Crippen LogP contribution in [0.15, 0.2) is 28.9 Å². The van der Waals surface area contributed by atoms with Gasteiger partial charge in [-0.1, -0.05) is 22.5 Å². The second kappa shape index (κ2) is 10.1. The third kappa shape index (κ3) is 5.41. The molecule has 9 nitrogen and oxygen atoms in total. The number of carbonyl (C=O) groups excluding carboxylic acids is 3. The molecule has 2 N–H and O–H groups in total. The number of halogens is 1. The van der Waals surface area contributed by atoms with Crippen LogP contribution >= 0.6 is 15.9 Å². The van der Waals surface area contributed by atoms with Gasteiger partial charge in [0, 0.05) is 10.2 Å². The van der Waals surface area contributed by atoms with E-state index < -0.39 is 29.9 Å². The molecule has 1 aromatic rings. The Morgan fingerprint density at radius 2 is 1.86 bits per heavy atom. The molecule has 10 heteroatoms. The summed E-state index contributed by atoms with van der Waals surface area (Å²) in [4.78, 5) is 35.9. The molecule has 29 heavy (non-hydrogen) atoms. The number of carbonyl (C=O) groups is 3. The minimum Gasteiger partial charge on any atom is -0.490 e. The summed E-state index contributed by atoms with van der Waals surface area (Å²) in [6, 6.07) is 1.99. The molecule has 1 aliphatic heterocycles. The van der Waals surface area contributed by atoms with Gasteiger partial charge in [0.2, 0.25) is 0 Å². The summed E-state index contributed by atoms with van der Waals surface area (Å²) in [6.45, 7) is 7.56. The van der Waals surface area contributed by atoms with E-state index in [1.165, 1.54) is 7.11 Å². The lowest BCUT2D eigenvalue weighted by Gasteiger charge is -2.33. The Morgan fingerprint density at radius 3 is 2.48 bits per heavy atom. The van der Waals surface area contributed by atoms with Crippen LogP contribution in [0.25, 0.3) is 0 Å². The lowest BCUT2D eigenvalue weighted by molar-refractivity contribution is -0.146. The first-order valence-corrected chi connectivity index (χ1v) is 9.70. The van der Waals surface area contributed by atoms with E-state index in [4.69, 9.17) is 18.9 Å². The van der Waals surface area contributed by atoms with Crippen LogP contribution < -0.4 is 20.1 Å². The molecule has 158 valence electrons. The van der Waals surface area contributed by atoms with Crippen molar-refractivity contribution in [3.8, 4) is 11.5 Å². The summed E-state index contributed by atoms with van der Waals surface area (Å²) in [5.41, 5.74) is 0.779. The molecule has 1 aliphatic rings. The van der Waals surface area contributed by atoms with Gasteiger partial charge in [0.05, 0.1) is 26.4 Å². The molecule has 2 unspecified atom stereocenters. The number of esters is 2. The number of benzene rings is 1. The first-order chi connectivity index (χ1) is 13.8. The summed E-state index contributed by atoms with van der Waals surface area (Å²) >= 11 is 3.44. The maximum absolute atomic E-state index is 12.3. The molecule has 0 saturated carbocycles. The molecule has 0 radical (unpaired) electrons. The van der Waals surface area contributed by atoms with Gasteiger partial charge in [0.15, 0.2) is 18.1 Å². The average molecular weight is 471 g/mol. The fourth-order valence-electron chi connectivity index (χ4n) is 2.86. The van der Waals surface area contributed by atoms with E-state index in [2.05, 4.69) is 33.1 Å². The van der Waals surface area contributed by atoms with Gasteiger partial charge in [0.1, 0.15) is 5.92 Å². The Labute approximate surface area is 176 Å². The van der Waals surface area contributed by atoms with Crippen molar-refractivity contribution in [2.75, 3.05) is 26.9 Å². The van der Waals surface area contributed by atoms with Crippen molar-refractivity contribution >= 4 is 33.9 Å². The smallest absolute Gasteiger partial charge is 0.344 e. The molecule has 2 rings (SSSR count). The molecule has 1 saturated heterocycles. The SMILES string of the molecule is C=C1NC(=O)NC(c2cc(OCC)c(OCC(=O)OCC)cc2Br)C1C(=O)OC. The van der Waals surface area contributed by atoms with Gasteiger partial charge in [-0.15, -0.1) is 0 Å². The van der Waals surface area contributed by atoms with Crippen LogP contribution in [-0.2, 0) is 19.1 Å². The molecule has 0 spiro atoms. The molecule has 0 bridgehead atoms. The fourth-order valence-corrected chi connectivity index (χ4v) is 3.43. The maximum atomic E-state index is 12.3. The van der Waals surface area contributed by atoms with Crippen LogP contribution in [0, 0.1) is 5.92 Å². The maximum Gasteiger partial charge on any atom is 0.344 e. The van der Waals surface area contributed by atoms with E-state index in [0.29, 0.717) is 28.1 Å². The standard InChI is InChI=1S/C19H23BrN2O7/c1-5-27-13-7-11(12(20)8-14(13)29-9-15(23)28-6-2)17-16(18(24)26-4)10(3)21-19(25)22-17/h7-8,16-17H,3,5-6,9H2,1-2,4H3,(H2,21,22,25). The minimum atomic E-state index is -0.852. The molecule has 0 aliphatic carbocycles. The Bertz CT molecular complexity index is 812. The van der Waals surface area contributed by atoms with Crippen molar-refractivity contribution in [3.63, 3.8) is 0 Å². The topological polar surface area (TPSA) is 112 Å². The lowest BCUT2D eigenvalue weighted by Crippen LogP contribution is -2.51. The predicted octanol–water partition coefficient (Wildman–Crippen LogP) is 2.45. The number of hydrogen-bond donors (Lipinski definition) is 2. The zero-order valence-corrected chi connectivity index (χ0v) is 18.0. The zero-order valence-electron chi connectivity index (χ0n) is 16.4. The number of hydrogen-bond acceptors (Lipinski definition) is 7. The van der Waals surface area contributed by atoms with Crippen molar-refractivity contribution in [1.29, 1.82) is 0 Å². The Kier molecular flexibility index (Phi) is 7.89. The molecular formula is C19H23BrN2O7. The van der Waals surface area contributed by atoms with Gasteiger partial charge >= 0.3 is 18.0 Å². The molecule has 1 heterocycles. The van der Waals surface area contributed by atoms with Crippen molar-refractivity contribution in [2.24, 2.45) is 5.92 Å². The lowest BCUT2D eigenvalue weighted by atomic mass is 9.89. The number of methoxy groups -OCH3 is 1. The summed E-state index contributed by atoms with van der Waals surface area (Å²) in [6.07, 6.45) is 0. The number of nitrogens with one attached hydrogen (secondary N) is 2. The Hall–Kier alpha value is -2.75. The molecule has 0 aromatic heterocycles. The van der Waals surface area contributed by atoms with E-state index in [1.807, 2.05) is 0 Å². The van der Waals surface area contributed by atoms with Gasteiger partial charge < -0.3 is 29.6 Å². The van der Waals surface area contributed by atoms with Gasteiger partial charge in [-0.3, -0.25) is 4.79 Å². The first kappa shape index (κ1) is 22.5. The predicted molar refractivity (Wildman–Crippen MR) is 106 cm³/mol. The third-order valence-electron chi connectivity index (χ3n) is 4.07. The third-order valence-corrected chi connectivity index (χ3v) is 4.76. The second-order valence-corrected chi connectivity index (χ2v) is 6.80. The van der Waals surface area contributed by atoms with Gasteiger partial charge in [-0.2, -0.15) is 0 Å². The Morgan fingerprint density at radius 1 is 1.17 bits per heavy atom. The van der Waals surface area contributed by atoms with Crippen molar-refractivity contribution < 1.29 is 33.3 Å². The summed E-state index contributed by atoms with van der Waals surface area (Å²) < 4.78 is 21.4. The second-order valence-electron chi connectivity index (χ2n) is 5.95. The normalized spacial score (nSPS) is 18.3. The minimum absolute atomic E-state index is 0.220. The molecule has 2 amide bonds. The van der Waals surface area contributed by atoms with E-state index in [0.717, 1.165) is 0 Å². The van der Waals surface area contributed by atoms with Crippen LogP contribution in [-0.4, -0.2) is 44.9 Å². The van der Waals surface area contributed by atoms with Gasteiger partial charge in [0.25, 0.3) is 0 Å². The van der Waals surface area contributed by atoms with E-state index in [-0.39, 0.29) is 18.9 Å². The summed E-state index contributed by atoms with van der Waals surface area (Å²) in [5.74, 6) is -1.26. The highest BCUT2D eigenvalue weighted by Gasteiger charge is 2.39. The number of urea groups is 1. The summed E-state index contributed by atoms with van der Waals surface area (Å²) in [7, 11) is 1.26. The number of rotatable bonds is 8. The quantitative estimate of drug-likeness (QED) is 0.561. The molecular weight excluding hydrogens is 448 g/mol. The number of ether oxygens (including phenoxy) is 4. The van der Waals surface area contributed by atoms with Crippen LogP contribution in [0.3, 0.4) is 0 Å².